The van der Waals surface area contributed by atoms with E-state index in [1.165, 1.54) is 0 Å². The molecule has 0 saturated carbocycles. The molecular weight excluding hydrogens is 394 g/mol. The van der Waals surface area contributed by atoms with E-state index in [0.29, 0.717) is 27.6 Å². The number of fused-ring (bicyclic) bond motifs is 2. The molecule has 0 amide bonds. The van der Waals surface area contributed by atoms with Crippen LogP contribution in [0, 0.1) is 6.92 Å². The molecule has 0 unspecified atom stereocenters. The zero-order chi connectivity index (χ0) is 20.8. The van der Waals surface area contributed by atoms with Gasteiger partial charge in [0.1, 0.15) is 5.65 Å². The van der Waals surface area contributed by atoms with Gasteiger partial charge in [-0.05, 0) is 65.7 Å². The van der Waals surface area contributed by atoms with Crippen LogP contribution in [0.4, 0.5) is 5.69 Å². The number of hydrogen-bond acceptors (Lipinski definition) is 3. The van der Waals surface area contributed by atoms with Gasteiger partial charge in [0.15, 0.2) is 0 Å². The molecule has 0 spiro atoms. The van der Waals surface area contributed by atoms with Crippen molar-refractivity contribution in [2.75, 3.05) is 5.73 Å². The Balaban J connectivity index is 1.90. The molecule has 0 fully saturated rings. The van der Waals surface area contributed by atoms with Gasteiger partial charge in [-0.3, -0.25) is 9.36 Å². The van der Waals surface area contributed by atoms with Crippen molar-refractivity contribution in [1.29, 1.82) is 0 Å². The van der Waals surface area contributed by atoms with E-state index < -0.39 is 0 Å². The van der Waals surface area contributed by atoms with E-state index in [9.17, 15) is 4.79 Å². The number of nitrogens with zero attached hydrogens (tertiary/aromatic N) is 2. The highest BCUT2D eigenvalue weighted by molar-refractivity contribution is 6.30. The Morgan fingerprint density at radius 3 is 2.40 bits per heavy atom. The largest absolute Gasteiger partial charge is 0.397 e. The molecular formula is C25H18ClN3O. The fraction of sp³-hybridized carbons (Fsp3) is 0.0400. The van der Waals surface area contributed by atoms with E-state index in [4.69, 9.17) is 17.3 Å². The first-order valence-corrected chi connectivity index (χ1v) is 9.98. The highest BCUT2D eigenvalue weighted by Crippen LogP contribution is 2.32. The van der Waals surface area contributed by atoms with Gasteiger partial charge in [-0.1, -0.05) is 48.0 Å². The van der Waals surface area contributed by atoms with Crippen molar-refractivity contribution in [1.82, 2.24) is 9.55 Å². The summed E-state index contributed by atoms with van der Waals surface area (Å²) in [6, 6.07) is 25.0. The summed E-state index contributed by atoms with van der Waals surface area (Å²) in [5.41, 5.74) is 10.0. The van der Waals surface area contributed by atoms with Crippen LogP contribution in [-0.4, -0.2) is 9.55 Å². The van der Waals surface area contributed by atoms with Crippen LogP contribution in [0.25, 0.3) is 38.6 Å². The molecule has 146 valence electrons. The van der Waals surface area contributed by atoms with Gasteiger partial charge < -0.3 is 5.73 Å². The molecule has 2 heterocycles. The predicted octanol–water partition coefficient (Wildman–Crippen LogP) is 5.75. The van der Waals surface area contributed by atoms with Crippen LogP contribution < -0.4 is 11.3 Å². The summed E-state index contributed by atoms with van der Waals surface area (Å²) in [6.07, 6.45) is 0. The molecule has 2 N–H and O–H groups in total. The van der Waals surface area contributed by atoms with Crippen LogP contribution in [-0.2, 0) is 0 Å². The molecule has 0 radical (unpaired) electrons. The monoisotopic (exact) mass is 411 g/mol. The average molecular weight is 412 g/mol. The van der Waals surface area contributed by atoms with E-state index in [1.807, 2.05) is 73.7 Å². The molecule has 4 nitrogen and oxygen atoms in total. The zero-order valence-electron chi connectivity index (χ0n) is 16.3. The van der Waals surface area contributed by atoms with Crippen molar-refractivity contribution in [2.24, 2.45) is 0 Å². The lowest BCUT2D eigenvalue weighted by Gasteiger charge is -2.16. The quantitative estimate of drug-likeness (QED) is 0.402. The van der Waals surface area contributed by atoms with Gasteiger partial charge in [0, 0.05) is 16.1 Å². The normalized spacial score (nSPS) is 11.3. The van der Waals surface area contributed by atoms with Crippen molar-refractivity contribution in [2.45, 2.75) is 6.92 Å². The first kappa shape index (κ1) is 18.4. The molecule has 0 aliphatic carbocycles. The molecule has 0 aliphatic rings. The van der Waals surface area contributed by atoms with Gasteiger partial charge >= 0.3 is 0 Å². The third-order valence-corrected chi connectivity index (χ3v) is 5.58. The van der Waals surface area contributed by atoms with Crippen LogP contribution in [0.3, 0.4) is 0 Å². The molecule has 30 heavy (non-hydrogen) atoms. The van der Waals surface area contributed by atoms with Gasteiger partial charge in [-0.15, -0.1) is 0 Å². The van der Waals surface area contributed by atoms with Gasteiger partial charge in [0.25, 0.3) is 5.56 Å². The van der Waals surface area contributed by atoms with E-state index in [2.05, 4.69) is 4.98 Å². The molecule has 2 aromatic heterocycles. The lowest BCUT2D eigenvalue weighted by molar-refractivity contribution is 1.01. The van der Waals surface area contributed by atoms with Crippen molar-refractivity contribution < 1.29 is 0 Å². The third kappa shape index (κ3) is 2.93. The first-order valence-electron chi connectivity index (χ1n) is 9.60. The highest BCUT2D eigenvalue weighted by Gasteiger charge is 2.19. The third-order valence-electron chi connectivity index (χ3n) is 5.33. The Kier molecular flexibility index (Phi) is 4.30. The van der Waals surface area contributed by atoms with Crippen molar-refractivity contribution >= 4 is 39.1 Å². The number of benzene rings is 3. The first-order chi connectivity index (χ1) is 14.5. The Hall–Kier alpha value is -3.63. The number of rotatable bonds is 2. The molecule has 3 aromatic carbocycles. The fourth-order valence-electron chi connectivity index (χ4n) is 3.84. The standard InChI is InChI=1S/C25H18ClN3O/c1-15-6-13-21-23(27)22(18-8-7-16-4-2-3-5-17(16)14-18)25(30)29(24(21)28-15)20-11-9-19(26)10-12-20/h2-14H,27H2,1H3. The van der Waals surface area contributed by atoms with Gasteiger partial charge in [-0.2, -0.15) is 0 Å². The number of pyridine rings is 2. The molecule has 5 rings (SSSR count). The smallest absolute Gasteiger partial charge is 0.266 e. The van der Waals surface area contributed by atoms with Crippen LogP contribution in [0.5, 0.6) is 0 Å². The second kappa shape index (κ2) is 7.01. The molecule has 0 bridgehead atoms. The van der Waals surface area contributed by atoms with E-state index >= 15 is 0 Å². The maximum atomic E-state index is 13.7. The van der Waals surface area contributed by atoms with Crippen LogP contribution in [0.2, 0.25) is 5.02 Å². The van der Waals surface area contributed by atoms with Crippen molar-refractivity contribution in [3.05, 3.63) is 99.9 Å². The molecule has 0 atom stereocenters. The molecule has 5 aromatic rings. The summed E-state index contributed by atoms with van der Waals surface area (Å²) in [6.45, 7) is 1.89. The summed E-state index contributed by atoms with van der Waals surface area (Å²) in [5, 5.41) is 3.49. The Morgan fingerprint density at radius 1 is 0.900 bits per heavy atom. The van der Waals surface area contributed by atoms with Gasteiger partial charge in [0.05, 0.1) is 16.9 Å². The van der Waals surface area contributed by atoms with Crippen LogP contribution >= 0.6 is 11.6 Å². The highest BCUT2D eigenvalue weighted by atomic mass is 35.5. The number of aromatic nitrogens is 2. The second-order valence-corrected chi connectivity index (χ2v) is 7.73. The number of nitrogen functional groups attached to an aromatic ring is 1. The Labute approximate surface area is 178 Å². The fourth-order valence-corrected chi connectivity index (χ4v) is 3.96. The van der Waals surface area contributed by atoms with E-state index in [1.54, 1.807) is 16.7 Å². The number of hydrogen-bond donors (Lipinski definition) is 1. The maximum Gasteiger partial charge on any atom is 0.266 e. The van der Waals surface area contributed by atoms with Gasteiger partial charge in [0.2, 0.25) is 0 Å². The molecule has 0 saturated heterocycles. The Bertz CT molecular complexity index is 1490. The average Bonchev–Trinajstić information content (AvgIpc) is 2.75. The summed E-state index contributed by atoms with van der Waals surface area (Å²) in [4.78, 5) is 18.4. The van der Waals surface area contributed by atoms with Crippen LogP contribution in [0.15, 0.2) is 83.7 Å². The minimum atomic E-state index is -0.212. The van der Waals surface area contributed by atoms with Gasteiger partial charge in [-0.25, -0.2) is 4.98 Å². The summed E-state index contributed by atoms with van der Waals surface area (Å²) < 4.78 is 1.61. The lowest BCUT2D eigenvalue weighted by atomic mass is 9.99. The van der Waals surface area contributed by atoms with Crippen molar-refractivity contribution in [3.63, 3.8) is 0 Å². The Morgan fingerprint density at radius 2 is 1.63 bits per heavy atom. The zero-order valence-corrected chi connectivity index (χ0v) is 17.0. The minimum Gasteiger partial charge on any atom is -0.397 e. The second-order valence-electron chi connectivity index (χ2n) is 7.29. The topological polar surface area (TPSA) is 60.9 Å². The number of aryl methyl sites for hydroxylation is 1. The summed E-state index contributed by atoms with van der Waals surface area (Å²) >= 11 is 6.07. The molecule has 0 aliphatic heterocycles. The number of nitrogens with two attached hydrogens (primary N) is 1. The maximum absolute atomic E-state index is 13.7. The predicted molar refractivity (Wildman–Crippen MR) is 124 cm³/mol. The summed E-state index contributed by atoms with van der Waals surface area (Å²) in [5.74, 6) is 0. The lowest BCUT2D eigenvalue weighted by Crippen LogP contribution is -2.23. The number of anilines is 1. The molecule has 5 heteroatoms. The van der Waals surface area contributed by atoms with Crippen LogP contribution in [0.1, 0.15) is 5.69 Å². The minimum absolute atomic E-state index is 0.212. The van der Waals surface area contributed by atoms with Crippen molar-refractivity contribution in [3.8, 4) is 16.8 Å². The van der Waals surface area contributed by atoms with E-state index in [-0.39, 0.29) is 5.56 Å². The SMILES string of the molecule is Cc1ccc2c(N)c(-c3ccc4ccccc4c3)c(=O)n(-c3ccc(Cl)cc3)c2n1. The van der Waals surface area contributed by atoms with E-state index in [0.717, 1.165) is 27.4 Å². The summed E-state index contributed by atoms with van der Waals surface area (Å²) in [7, 11) is 0. The number of halogens is 1.